The smallest absolute Gasteiger partial charge is 0.234 e. The summed E-state index contributed by atoms with van der Waals surface area (Å²) in [5, 5.41) is 14.7. The van der Waals surface area contributed by atoms with Gasteiger partial charge in [0.15, 0.2) is 5.82 Å². The Labute approximate surface area is 179 Å². The van der Waals surface area contributed by atoms with Gasteiger partial charge in [-0.3, -0.25) is 9.59 Å². The quantitative estimate of drug-likeness (QED) is 0.625. The molecule has 1 fully saturated rings. The van der Waals surface area contributed by atoms with Gasteiger partial charge >= 0.3 is 0 Å². The molecular formula is C21H26FN5O2S. The third kappa shape index (κ3) is 6.41. The average molecular weight is 432 g/mol. The maximum absolute atomic E-state index is 13.2. The number of hydrogen-bond acceptors (Lipinski definition) is 6. The number of carbonyl (C=O) groups is 2. The Morgan fingerprint density at radius 3 is 2.87 bits per heavy atom. The molecule has 2 heterocycles. The lowest BCUT2D eigenvalue weighted by molar-refractivity contribution is -0.125. The van der Waals surface area contributed by atoms with Crippen LogP contribution < -0.4 is 15.5 Å². The van der Waals surface area contributed by atoms with E-state index in [0.717, 1.165) is 31.6 Å². The lowest BCUT2D eigenvalue weighted by Crippen LogP contribution is -2.43. The normalized spacial score (nSPS) is 16.2. The number of halogens is 1. The van der Waals surface area contributed by atoms with E-state index in [1.54, 1.807) is 12.1 Å². The van der Waals surface area contributed by atoms with Crippen LogP contribution in [-0.2, 0) is 9.59 Å². The minimum Gasteiger partial charge on any atom is -0.356 e. The van der Waals surface area contributed by atoms with Gasteiger partial charge in [-0.1, -0.05) is 24.8 Å². The Bertz CT molecular complexity index is 865. The summed E-state index contributed by atoms with van der Waals surface area (Å²) in [6.45, 7) is 4.21. The first-order chi connectivity index (χ1) is 14.5. The van der Waals surface area contributed by atoms with E-state index in [9.17, 15) is 14.0 Å². The number of aromatic nitrogens is 2. The summed E-state index contributed by atoms with van der Waals surface area (Å²) in [5.41, 5.74) is 0.421. The summed E-state index contributed by atoms with van der Waals surface area (Å²) in [7, 11) is 0. The molecule has 2 amide bonds. The highest BCUT2D eigenvalue weighted by Crippen LogP contribution is 2.23. The highest BCUT2D eigenvalue weighted by atomic mass is 32.2. The first kappa shape index (κ1) is 22.0. The number of hydrogen-bond donors (Lipinski definition) is 2. The lowest BCUT2D eigenvalue weighted by atomic mass is 9.97. The summed E-state index contributed by atoms with van der Waals surface area (Å²) in [6, 6.07) is 9.46. The number of rotatable bonds is 8. The van der Waals surface area contributed by atoms with Crippen molar-refractivity contribution in [2.24, 2.45) is 5.92 Å². The van der Waals surface area contributed by atoms with E-state index >= 15 is 0 Å². The number of thioether (sulfide) groups is 1. The molecule has 7 nitrogen and oxygen atoms in total. The molecule has 1 aromatic heterocycles. The minimum absolute atomic E-state index is 0.0346. The van der Waals surface area contributed by atoms with E-state index in [2.05, 4.69) is 25.7 Å². The van der Waals surface area contributed by atoms with Crippen molar-refractivity contribution in [1.29, 1.82) is 0 Å². The Balaban J connectivity index is 1.49. The van der Waals surface area contributed by atoms with Gasteiger partial charge in [0.1, 0.15) is 10.8 Å². The third-order valence-corrected chi connectivity index (χ3v) is 5.67. The van der Waals surface area contributed by atoms with Crippen LogP contribution >= 0.6 is 11.8 Å². The van der Waals surface area contributed by atoms with Gasteiger partial charge in [-0.15, -0.1) is 10.2 Å². The van der Waals surface area contributed by atoms with E-state index in [1.165, 1.54) is 23.9 Å². The first-order valence-corrected chi connectivity index (χ1v) is 11.1. The van der Waals surface area contributed by atoms with E-state index in [-0.39, 0.29) is 23.5 Å². The molecule has 1 saturated heterocycles. The van der Waals surface area contributed by atoms with E-state index in [1.807, 2.05) is 19.1 Å². The Morgan fingerprint density at radius 1 is 1.27 bits per heavy atom. The van der Waals surface area contributed by atoms with Crippen LogP contribution in [0.5, 0.6) is 0 Å². The molecule has 9 heteroatoms. The van der Waals surface area contributed by atoms with E-state index in [0.29, 0.717) is 23.8 Å². The van der Waals surface area contributed by atoms with Crippen molar-refractivity contribution in [2.75, 3.05) is 35.6 Å². The molecule has 1 atom stereocenters. The molecule has 2 aromatic rings. The van der Waals surface area contributed by atoms with Gasteiger partial charge in [-0.25, -0.2) is 4.39 Å². The number of nitrogens with one attached hydrogen (secondary N) is 2. The van der Waals surface area contributed by atoms with Crippen LogP contribution in [0.2, 0.25) is 0 Å². The maximum Gasteiger partial charge on any atom is 0.234 e. The van der Waals surface area contributed by atoms with Crippen LogP contribution in [0.15, 0.2) is 41.4 Å². The highest BCUT2D eigenvalue weighted by Gasteiger charge is 2.26. The molecule has 30 heavy (non-hydrogen) atoms. The average Bonchev–Trinajstić information content (AvgIpc) is 2.76. The highest BCUT2D eigenvalue weighted by molar-refractivity contribution is 7.99. The molecule has 1 aromatic carbocycles. The zero-order valence-corrected chi connectivity index (χ0v) is 17.8. The van der Waals surface area contributed by atoms with Crippen LogP contribution in [0.4, 0.5) is 15.9 Å². The Hall–Kier alpha value is -2.68. The van der Waals surface area contributed by atoms with Crippen LogP contribution in [0, 0.1) is 11.7 Å². The molecule has 0 unspecified atom stereocenters. The van der Waals surface area contributed by atoms with Crippen LogP contribution in [-0.4, -0.2) is 47.4 Å². The number of nitrogens with zero attached hydrogens (tertiary/aromatic N) is 3. The number of benzene rings is 1. The predicted molar refractivity (Wildman–Crippen MR) is 116 cm³/mol. The fraction of sp³-hybridized carbons (Fsp3) is 0.429. The summed E-state index contributed by atoms with van der Waals surface area (Å²) < 4.78 is 13.2. The van der Waals surface area contributed by atoms with E-state index in [4.69, 9.17) is 0 Å². The number of carbonyl (C=O) groups excluding carboxylic acids is 2. The molecule has 0 aliphatic carbocycles. The largest absolute Gasteiger partial charge is 0.356 e. The molecule has 1 aliphatic heterocycles. The maximum atomic E-state index is 13.2. The lowest BCUT2D eigenvalue weighted by Gasteiger charge is -2.32. The molecule has 0 radical (unpaired) electrons. The van der Waals surface area contributed by atoms with Gasteiger partial charge in [-0.05, 0) is 49.6 Å². The molecule has 0 saturated carbocycles. The van der Waals surface area contributed by atoms with Gasteiger partial charge in [0.2, 0.25) is 11.8 Å². The van der Waals surface area contributed by atoms with Crippen molar-refractivity contribution < 1.29 is 14.0 Å². The molecule has 0 bridgehead atoms. The molecule has 160 valence electrons. The van der Waals surface area contributed by atoms with Crippen molar-refractivity contribution in [3.63, 3.8) is 0 Å². The fourth-order valence-corrected chi connectivity index (χ4v) is 3.87. The number of anilines is 2. The zero-order valence-electron chi connectivity index (χ0n) is 16.9. The molecular weight excluding hydrogens is 405 g/mol. The minimum atomic E-state index is -0.398. The number of piperidine rings is 1. The second-order valence-electron chi connectivity index (χ2n) is 7.15. The van der Waals surface area contributed by atoms with Crippen LogP contribution in [0.1, 0.15) is 26.2 Å². The summed E-state index contributed by atoms with van der Waals surface area (Å²) in [4.78, 5) is 26.4. The molecule has 0 spiro atoms. The summed E-state index contributed by atoms with van der Waals surface area (Å²) in [5.74, 6) is 0.307. The predicted octanol–water partition coefficient (Wildman–Crippen LogP) is 3.09. The Kier molecular flexibility index (Phi) is 8.01. The molecule has 1 aliphatic rings. The first-order valence-electron chi connectivity index (χ1n) is 10.1. The van der Waals surface area contributed by atoms with E-state index < -0.39 is 5.82 Å². The van der Waals surface area contributed by atoms with Crippen molar-refractivity contribution in [3.05, 3.63) is 42.2 Å². The van der Waals surface area contributed by atoms with Crippen LogP contribution in [0.3, 0.4) is 0 Å². The van der Waals surface area contributed by atoms with Crippen molar-refractivity contribution in [3.8, 4) is 0 Å². The van der Waals surface area contributed by atoms with Crippen molar-refractivity contribution in [1.82, 2.24) is 15.5 Å². The zero-order chi connectivity index (χ0) is 21.3. The second-order valence-corrected chi connectivity index (χ2v) is 8.15. The Morgan fingerprint density at radius 2 is 2.13 bits per heavy atom. The van der Waals surface area contributed by atoms with Gasteiger partial charge in [-0.2, -0.15) is 0 Å². The standard InChI is InChI=1S/C21H26FN5O2S/c1-2-10-23-21(29)15-5-4-11-27(13-15)18-8-9-20(26-25-18)30-14-19(28)24-17-7-3-6-16(22)12-17/h3,6-9,12,15H,2,4-5,10-11,13-14H2,1H3,(H,23,29)(H,24,28)/t15-/m0/s1. The topological polar surface area (TPSA) is 87.2 Å². The van der Waals surface area contributed by atoms with Gasteiger partial charge in [0.25, 0.3) is 0 Å². The molecule has 2 N–H and O–H groups in total. The van der Waals surface area contributed by atoms with Gasteiger partial charge in [0, 0.05) is 25.3 Å². The fourth-order valence-electron chi connectivity index (χ4n) is 3.25. The SMILES string of the molecule is CCCNC(=O)[C@H]1CCCN(c2ccc(SCC(=O)Nc3cccc(F)c3)nn2)C1. The van der Waals surface area contributed by atoms with Crippen molar-refractivity contribution in [2.45, 2.75) is 31.2 Å². The summed E-state index contributed by atoms with van der Waals surface area (Å²) >= 11 is 1.26. The second kappa shape index (κ2) is 10.9. The molecule has 3 rings (SSSR count). The van der Waals surface area contributed by atoms with Gasteiger partial charge < -0.3 is 15.5 Å². The third-order valence-electron chi connectivity index (χ3n) is 4.75. The monoisotopic (exact) mass is 431 g/mol. The van der Waals surface area contributed by atoms with Crippen LogP contribution in [0.25, 0.3) is 0 Å². The number of amides is 2. The van der Waals surface area contributed by atoms with Crippen molar-refractivity contribution >= 4 is 35.1 Å². The summed E-state index contributed by atoms with van der Waals surface area (Å²) in [6.07, 6.45) is 2.74. The van der Waals surface area contributed by atoms with Gasteiger partial charge in [0.05, 0.1) is 11.7 Å².